The van der Waals surface area contributed by atoms with Gasteiger partial charge in [-0.15, -0.1) is 12.4 Å². The highest BCUT2D eigenvalue weighted by molar-refractivity contribution is 5.85. The zero-order valence-electron chi connectivity index (χ0n) is 9.36. The van der Waals surface area contributed by atoms with Crippen molar-refractivity contribution in [2.24, 2.45) is 5.73 Å². The molecule has 2 aromatic rings. The molecule has 1 heterocycles. The topological polar surface area (TPSA) is 64.1 Å². The van der Waals surface area contributed by atoms with Gasteiger partial charge in [-0.25, -0.2) is 4.68 Å². The molecule has 1 unspecified atom stereocenters. The molecule has 0 saturated carbocycles. The highest BCUT2D eigenvalue weighted by Gasteiger charge is 2.02. The van der Waals surface area contributed by atoms with E-state index in [4.69, 9.17) is 10.8 Å². The summed E-state index contributed by atoms with van der Waals surface area (Å²) in [5, 5.41) is 13.0. The second-order valence-electron chi connectivity index (χ2n) is 3.76. The maximum atomic E-state index is 8.86. The van der Waals surface area contributed by atoms with Gasteiger partial charge in [0.2, 0.25) is 0 Å². The van der Waals surface area contributed by atoms with Gasteiger partial charge in [-0.05, 0) is 30.2 Å². The van der Waals surface area contributed by atoms with Crippen LogP contribution < -0.4 is 5.73 Å². The normalized spacial score (nSPS) is 11.9. The maximum absolute atomic E-state index is 8.86. The number of benzene rings is 1. The summed E-state index contributed by atoms with van der Waals surface area (Å²) in [5.74, 6) is 0. The number of aliphatic hydroxyl groups is 1. The van der Waals surface area contributed by atoms with Gasteiger partial charge in [-0.3, -0.25) is 0 Å². The zero-order chi connectivity index (χ0) is 11.4. The molecule has 0 saturated heterocycles. The first-order valence-electron chi connectivity index (χ1n) is 5.25. The van der Waals surface area contributed by atoms with Gasteiger partial charge in [0.25, 0.3) is 0 Å². The summed E-state index contributed by atoms with van der Waals surface area (Å²) >= 11 is 0. The number of halogens is 1. The molecule has 1 aromatic heterocycles. The molecule has 4 nitrogen and oxygen atoms in total. The van der Waals surface area contributed by atoms with Crippen molar-refractivity contribution in [1.29, 1.82) is 0 Å². The minimum Gasteiger partial charge on any atom is -0.395 e. The van der Waals surface area contributed by atoms with Gasteiger partial charge in [0, 0.05) is 18.4 Å². The molecule has 0 radical (unpaired) electrons. The largest absolute Gasteiger partial charge is 0.395 e. The fraction of sp³-hybridized carbons (Fsp3) is 0.250. The second kappa shape index (κ2) is 6.39. The molecule has 3 N–H and O–H groups in total. The first-order valence-corrected chi connectivity index (χ1v) is 5.25. The van der Waals surface area contributed by atoms with Crippen molar-refractivity contribution < 1.29 is 5.11 Å². The lowest BCUT2D eigenvalue weighted by atomic mass is 10.1. The molecule has 1 aromatic carbocycles. The van der Waals surface area contributed by atoms with Crippen molar-refractivity contribution in [2.75, 3.05) is 6.61 Å². The van der Waals surface area contributed by atoms with Crippen LogP contribution in [0.5, 0.6) is 0 Å². The first kappa shape index (κ1) is 13.7. The van der Waals surface area contributed by atoms with Crippen LogP contribution in [-0.2, 0) is 6.42 Å². The van der Waals surface area contributed by atoms with Gasteiger partial charge in [0.15, 0.2) is 0 Å². The summed E-state index contributed by atoms with van der Waals surface area (Å²) in [6.45, 7) is 0.0148. The Balaban J connectivity index is 0.00000144. The van der Waals surface area contributed by atoms with Crippen molar-refractivity contribution in [1.82, 2.24) is 9.78 Å². The van der Waals surface area contributed by atoms with E-state index in [2.05, 4.69) is 5.10 Å². The fourth-order valence-electron chi connectivity index (χ4n) is 1.57. The Hall–Kier alpha value is -1.36. The monoisotopic (exact) mass is 253 g/mol. The number of nitrogens with two attached hydrogens (primary N) is 1. The van der Waals surface area contributed by atoms with Crippen molar-refractivity contribution in [2.45, 2.75) is 12.5 Å². The number of hydrogen-bond donors (Lipinski definition) is 2. The van der Waals surface area contributed by atoms with Gasteiger partial charge >= 0.3 is 0 Å². The van der Waals surface area contributed by atoms with E-state index in [9.17, 15) is 0 Å². The van der Waals surface area contributed by atoms with Crippen LogP contribution in [0.4, 0.5) is 0 Å². The van der Waals surface area contributed by atoms with Crippen molar-refractivity contribution >= 4 is 12.4 Å². The number of aliphatic hydroxyl groups excluding tert-OH is 1. The van der Waals surface area contributed by atoms with Crippen LogP contribution in [0.2, 0.25) is 0 Å². The first-order chi connectivity index (χ1) is 7.79. The van der Waals surface area contributed by atoms with Gasteiger partial charge in [-0.1, -0.05) is 12.1 Å². The van der Waals surface area contributed by atoms with Crippen molar-refractivity contribution in [3.8, 4) is 5.69 Å². The summed E-state index contributed by atoms with van der Waals surface area (Å²) in [7, 11) is 0. The lowest BCUT2D eigenvalue weighted by molar-refractivity contribution is 0.265. The molecule has 0 spiro atoms. The predicted molar refractivity (Wildman–Crippen MR) is 69.6 cm³/mol. The van der Waals surface area contributed by atoms with Crippen molar-refractivity contribution in [3.63, 3.8) is 0 Å². The third-order valence-corrected chi connectivity index (χ3v) is 2.44. The number of hydrogen-bond acceptors (Lipinski definition) is 3. The maximum Gasteiger partial charge on any atom is 0.0645 e. The molecule has 0 amide bonds. The van der Waals surface area contributed by atoms with E-state index in [0.717, 1.165) is 11.3 Å². The molecule has 92 valence electrons. The average molecular weight is 254 g/mol. The molecule has 0 bridgehead atoms. The molecule has 0 fully saturated rings. The highest BCUT2D eigenvalue weighted by Crippen LogP contribution is 2.09. The molecule has 2 rings (SSSR count). The summed E-state index contributed by atoms with van der Waals surface area (Å²) in [6.07, 6.45) is 4.33. The van der Waals surface area contributed by atoms with Crippen LogP contribution in [0.25, 0.3) is 5.69 Å². The van der Waals surface area contributed by atoms with Gasteiger partial charge < -0.3 is 10.8 Å². The van der Waals surface area contributed by atoms with Gasteiger partial charge in [0.05, 0.1) is 12.3 Å². The van der Waals surface area contributed by atoms with Crippen molar-refractivity contribution in [3.05, 3.63) is 48.3 Å². The lowest BCUT2D eigenvalue weighted by Crippen LogP contribution is -2.26. The van der Waals surface area contributed by atoms with E-state index in [-0.39, 0.29) is 25.1 Å². The quantitative estimate of drug-likeness (QED) is 0.859. The lowest BCUT2D eigenvalue weighted by Gasteiger charge is -2.08. The van der Waals surface area contributed by atoms with E-state index in [0.29, 0.717) is 6.42 Å². The van der Waals surface area contributed by atoms with Crippen LogP contribution in [0.1, 0.15) is 5.56 Å². The number of rotatable bonds is 4. The molecule has 1 atom stereocenters. The third-order valence-electron chi connectivity index (χ3n) is 2.44. The zero-order valence-corrected chi connectivity index (χ0v) is 10.2. The SMILES string of the molecule is Cl.NC(CO)Cc1ccc(-n2cccn2)cc1. The summed E-state index contributed by atoms with van der Waals surface area (Å²) < 4.78 is 1.80. The van der Waals surface area contributed by atoms with Crippen LogP contribution in [0, 0.1) is 0 Å². The Kier molecular flexibility index (Phi) is 5.15. The Morgan fingerprint density at radius 2 is 2.00 bits per heavy atom. The number of nitrogens with zero attached hydrogens (tertiary/aromatic N) is 2. The van der Waals surface area contributed by atoms with Gasteiger partial charge in [0.1, 0.15) is 0 Å². The minimum atomic E-state index is -0.185. The molecular weight excluding hydrogens is 238 g/mol. The average Bonchev–Trinajstić information content (AvgIpc) is 2.83. The van der Waals surface area contributed by atoms with E-state index in [1.807, 2.05) is 36.5 Å². The third kappa shape index (κ3) is 3.56. The predicted octanol–water partition coefficient (Wildman–Crippen LogP) is 1.16. The van der Waals surface area contributed by atoms with Crippen LogP contribution in [0.15, 0.2) is 42.7 Å². The molecule has 5 heteroatoms. The summed E-state index contributed by atoms with van der Waals surface area (Å²) in [5.41, 5.74) is 7.81. The molecular formula is C12H16ClN3O. The van der Waals surface area contributed by atoms with Gasteiger partial charge in [-0.2, -0.15) is 5.10 Å². The number of aromatic nitrogens is 2. The van der Waals surface area contributed by atoms with E-state index in [1.165, 1.54) is 0 Å². The Labute approximate surface area is 106 Å². The highest BCUT2D eigenvalue weighted by atomic mass is 35.5. The van der Waals surface area contributed by atoms with Crippen LogP contribution in [-0.4, -0.2) is 27.5 Å². The molecule has 0 aliphatic rings. The standard InChI is InChI=1S/C12H15N3O.ClH/c13-11(9-16)8-10-2-4-12(5-3-10)15-7-1-6-14-15;/h1-7,11,16H,8-9,13H2;1H. The Morgan fingerprint density at radius 1 is 1.29 bits per heavy atom. The fourth-order valence-corrected chi connectivity index (χ4v) is 1.57. The Bertz CT molecular complexity index is 428. The van der Waals surface area contributed by atoms with Crippen LogP contribution >= 0.6 is 12.4 Å². The summed E-state index contributed by atoms with van der Waals surface area (Å²) in [4.78, 5) is 0. The Morgan fingerprint density at radius 3 is 2.53 bits per heavy atom. The van der Waals surface area contributed by atoms with Crippen LogP contribution in [0.3, 0.4) is 0 Å². The van der Waals surface area contributed by atoms with E-state index in [1.54, 1.807) is 10.9 Å². The minimum absolute atomic E-state index is 0. The smallest absolute Gasteiger partial charge is 0.0645 e. The molecule has 0 aliphatic heterocycles. The second-order valence-corrected chi connectivity index (χ2v) is 3.76. The van der Waals surface area contributed by atoms with E-state index < -0.39 is 0 Å². The summed E-state index contributed by atoms with van der Waals surface area (Å²) in [6, 6.07) is 9.70. The molecule has 17 heavy (non-hydrogen) atoms. The molecule has 0 aliphatic carbocycles. The van der Waals surface area contributed by atoms with E-state index >= 15 is 0 Å².